The molecule has 3 aromatic rings. The summed E-state index contributed by atoms with van der Waals surface area (Å²) in [6, 6.07) is 14.9. The van der Waals surface area contributed by atoms with E-state index in [4.69, 9.17) is 5.41 Å². The summed E-state index contributed by atoms with van der Waals surface area (Å²) >= 11 is 0. The average Bonchev–Trinajstić information content (AvgIpc) is 3.23. The lowest BCUT2D eigenvalue weighted by Crippen LogP contribution is -2.59. The van der Waals surface area contributed by atoms with Gasteiger partial charge in [0.1, 0.15) is 5.78 Å². The highest BCUT2D eigenvalue weighted by Crippen LogP contribution is 2.41. The van der Waals surface area contributed by atoms with E-state index in [2.05, 4.69) is 62.9 Å². The van der Waals surface area contributed by atoms with E-state index in [1.165, 1.54) is 18.1 Å². The van der Waals surface area contributed by atoms with E-state index in [0.29, 0.717) is 23.7 Å². The molecule has 3 heterocycles. The van der Waals surface area contributed by atoms with Gasteiger partial charge in [-0.2, -0.15) is 10.2 Å². The minimum Gasteiger partial charge on any atom is -0.382 e. The van der Waals surface area contributed by atoms with Gasteiger partial charge in [0.25, 0.3) is 0 Å². The molecular formula is C25H28N8O. The lowest BCUT2D eigenvalue weighted by molar-refractivity contribution is -0.116. The summed E-state index contributed by atoms with van der Waals surface area (Å²) in [5, 5.41) is 27.4. The Morgan fingerprint density at radius 1 is 1.29 bits per heavy atom. The maximum atomic E-state index is 11.1. The molecule has 0 bridgehead atoms. The molecule has 1 aromatic carbocycles. The largest absolute Gasteiger partial charge is 0.382 e. The van der Waals surface area contributed by atoms with Crippen molar-refractivity contribution >= 4 is 29.3 Å². The summed E-state index contributed by atoms with van der Waals surface area (Å²) in [7, 11) is 0. The normalized spacial score (nSPS) is 14.9. The number of hydrogen-bond acceptors (Lipinski definition) is 8. The predicted molar refractivity (Wildman–Crippen MR) is 132 cm³/mol. The van der Waals surface area contributed by atoms with Gasteiger partial charge in [-0.05, 0) is 36.6 Å². The van der Waals surface area contributed by atoms with Gasteiger partial charge in [-0.1, -0.05) is 31.2 Å². The number of nitrogens with one attached hydrogen (secondary N) is 3. The predicted octanol–water partition coefficient (Wildman–Crippen LogP) is 3.04. The van der Waals surface area contributed by atoms with Crippen molar-refractivity contribution < 1.29 is 4.79 Å². The van der Waals surface area contributed by atoms with Crippen molar-refractivity contribution in [2.24, 2.45) is 0 Å². The van der Waals surface area contributed by atoms with Gasteiger partial charge in [0.2, 0.25) is 5.95 Å². The molecule has 0 radical (unpaired) electrons. The molecule has 3 N–H and O–H groups in total. The van der Waals surface area contributed by atoms with Crippen molar-refractivity contribution in [1.82, 2.24) is 19.9 Å². The third kappa shape index (κ3) is 4.62. The molecule has 9 heteroatoms. The average molecular weight is 457 g/mol. The topological polar surface area (TPSA) is 122 Å². The molecule has 174 valence electrons. The molecule has 1 fully saturated rings. The number of aromatic nitrogens is 3. The molecular weight excluding hydrogens is 428 g/mol. The van der Waals surface area contributed by atoms with Crippen LogP contribution in [0.4, 0.5) is 11.6 Å². The minimum absolute atomic E-state index is 0.000550. The number of aryl methyl sites for hydroxylation is 1. The first-order valence-electron chi connectivity index (χ1n) is 11.2. The number of rotatable bonds is 10. The quantitative estimate of drug-likeness (QED) is 0.401. The lowest BCUT2D eigenvalue weighted by Gasteiger charge is -2.50. The Balaban J connectivity index is 1.55. The summed E-state index contributed by atoms with van der Waals surface area (Å²) in [6.07, 6.45) is 5.96. The molecule has 1 saturated heterocycles. The van der Waals surface area contributed by atoms with E-state index < -0.39 is 0 Å². The Bertz CT molecular complexity index is 1260. The molecule has 0 unspecified atom stereocenters. The van der Waals surface area contributed by atoms with Gasteiger partial charge in [0.05, 0.1) is 24.0 Å². The third-order valence-corrected chi connectivity index (χ3v) is 6.08. The van der Waals surface area contributed by atoms with Crippen molar-refractivity contribution in [3.05, 3.63) is 65.6 Å². The number of anilines is 2. The molecule has 1 aliphatic heterocycles. The van der Waals surface area contributed by atoms with E-state index in [9.17, 15) is 10.1 Å². The van der Waals surface area contributed by atoms with Crippen molar-refractivity contribution in [2.45, 2.75) is 32.1 Å². The second-order valence-corrected chi connectivity index (χ2v) is 8.57. The van der Waals surface area contributed by atoms with E-state index in [0.717, 1.165) is 31.4 Å². The van der Waals surface area contributed by atoms with Crippen LogP contribution in [-0.2, 0) is 16.6 Å². The molecule has 0 saturated carbocycles. The van der Waals surface area contributed by atoms with Crippen molar-refractivity contribution in [3.63, 3.8) is 0 Å². The number of carbonyl (C=O) groups is 1. The Labute approximate surface area is 198 Å². The zero-order valence-electron chi connectivity index (χ0n) is 19.4. The van der Waals surface area contributed by atoms with Crippen molar-refractivity contribution in [2.75, 3.05) is 29.9 Å². The van der Waals surface area contributed by atoms with Crippen LogP contribution >= 0.6 is 0 Å². The van der Waals surface area contributed by atoms with Crippen LogP contribution in [0.25, 0.3) is 5.65 Å². The summed E-state index contributed by atoms with van der Waals surface area (Å²) in [6.45, 7) is 5.26. The van der Waals surface area contributed by atoms with Crippen LogP contribution in [0, 0.1) is 16.7 Å². The van der Waals surface area contributed by atoms with Gasteiger partial charge >= 0.3 is 0 Å². The summed E-state index contributed by atoms with van der Waals surface area (Å²) < 4.78 is 1.70. The smallest absolute Gasteiger partial charge is 0.247 e. The molecule has 0 spiro atoms. The fourth-order valence-corrected chi connectivity index (χ4v) is 4.24. The lowest BCUT2D eigenvalue weighted by atomic mass is 9.71. The van der Waals surface area contributed by atoms with Crippen LogP contribution in [0.3, 0.4) is 0 Å². The SMILES string of the molecule is CCc1ccc(C2(CC#N)CN(c3cccn4nc(N/C(C=N)=C/NCC(C)=O)nc34)C2)cc1. The third-order valence-electron chi connectivity index (χ3n) is 6.08. The minimum atomic E-state index is -0.201. The maximum absolute atomic E-state index is 11.1. The van der Waals surface area contributed by atoms with Crippen molar-refractivity contribution in [3.8, 4) is 6.07 Å². The molecule has 2 aromatic heterocycles. The molecule has 0 atom stereocenters. The van der Waals surface area contributed by atoms with Crippen LogP contribution in [0.5, 0.6) is 0 Å². The van der Waals surface area contributed by atoms with Crippen LogP contribution < -0.4 is 15.5 Å². The van der Waals surface area contributed by atoms with Gasteiger partial charge in [0, 0.05) is 43.5 Å². The second kappa shape index (κ2) is 9.75. The van der Waals surface area contributed by atoms with E-state index in [-0.39, 0.29) is 17.7 Å². The first-order valence-corrected chi connectivity index (χ1v) is 11.2. The number of allylic oxidation sites excluding steroid dienone is 1. The summed E-state index contributed by atoms with van der Waals surface area (Å²) in [5.41, 5.74) is 4.35. The number of Topliss-reactive ketones (excluding diaryl/α,β-unsaturated/α-hetero) is 1. The van der Waals surface area contributed by atoms with Gasteiger partial charge in [-0.25, -0.2) is 4.52 Å². The number of pyridine rings is 1. The number of hydrogen-bond donors (Lipinski definition) is 3. The van der Waals surface area contributed by atoms with Gasteiger partial charge in [0.15, 0.2) is 5.65 Å². The van der Waals surface area contributed by atoms with Gasteiger partial charge in [-0.15, -0.1) is 5.10 Å². The van der Waals surface area contributed by atoms with Crippen LogP contribution in [-0.4, -0.2) is 46.2 Å². The molecule has 4 rings (SSSR count). The van der Waals surface area contributed by atoms with Crippen LogP contribution in [0.2, 0.25) is 0 Å². The maximum Gasteiger partial charge on any atom is 0.247 e. The van der Waals surface area contributed by atoms with E-state index in [1.807, 2.05) is 18.3 Å². The Morgan fingerprint density at radius 3 is 2.71 bits per heavy atom. The Morgan fingerprint density at radius 2 is 2.06 bits per heavy atom. The fraction of sp³-hybridized carbons (Fsp3) is 0.320. The number of benzene rings is 1. The van der Waals surface area contributed by atoms with Crippen LogP contribution in [0.1, 0.15) is 31.4 Å². The first-order chi connectivity index (χ1) is 16.5. The summed E-state index contributed by atoms with van der Waals surface area (Å²) in [5.74, 6) is 0.352. The molecule has 1 aliphatic rings. The highest BCUT2D eigenvalue weighted by Gasteiger charge is 2.45. The number of nitrogens with zero attached hydrogens (tertiary/aromatic N) is 5. The number of carbonyl (C=O) groups excluding carboxylic acids is 1. The standard InChI is InChI=1S/C25H28N8O/c1-3-19-6-8-20(9-7-19)25(10-11-26)16-32(17-25)22-5-4-12-33-23(22)30-24(31-33)29-21(13-27)15-28-14-18(2)34/h4-9,12-13,15,27-28H,3,10,14,16-17H2,1-2H3,(H,29,31)/b21-15+,27-13?. The Hall–Kier alpha value is -4.19. The first kappa shape index (κ1) is 23.0. The molecule has 0 aliphatic carbocycles. The summed E-state index contributed by atoms with van der Waals surface area (Å²) in [4.78, 5) is 18.0. The zero-order valence-corrected chi connectivity index (χ0v) is 19.4. The highest BCUT2D eigenvalue weighted by molar-refractivity contribution is 5.81. The van der Waals surface area contributed by atoms with Gasteiger partial charge in [-0.3, -0.25) is 4.79 Å². The van der Waals surface area contributed by atoms with E-state index >= 15 is 0 Å². The fourth-order valence-electron chi connectivity index (χ4n) is 4.24. The highest BCUT2D eigenvalue weighted by atomic mass is 16.1. The Kier molecular flexibility index (Phi) is 6.59. The van der Waals surface area contributed by atoms with E-state index in [1.54, 1.807) is 10.7 Å². The molecule has 0 amide bonds. The van der Waals surface area contributed by atoms with Crippen molar-refractivity contribution in [1.29, 1.82) is 10.7 Å². The number of fused-ring (bicyclic) bond motifs is 1. The molecule has 34 heavy (non-hydrogen) atoms. The molecule has 9 nitrogen and oxygen atoms in total. The number of ketones is 1. The van der Waals surface area contributed by atoms with Crippen LogP contribution in [0.15, 0.2) is 54.5 Å². The number of nitriles is 1. The zero-order chi connectivity index (χ0) is 24.1. The monoisotopic (exact) mass is 456 g/mol. The van der Waals surface area contributed by atoms with Gasteiger partial charge < -0.3 is 20.9 Å². The second-order valence-electron chi connectivity index (χ2n) is 8.57.